The van der Waals surface area contributed by atoms with Crippen molar-refractivity contribution in [3.8, 4) is 0 Å². The third kappa shape index (κ3) is 5.66. The molecule has 0 atom stereocenters. The summed E-state index contributed by atoms with van der Waals surface area (Å²) in [6, 6.07) is 17.9. The van der Waals surface area contributed by atoms with Crippen LogP contribution in [0.15, 0.2) is 64.2 Å². The predicted octanol–water partition coefficient (Wildman–Crippen LogP) is 4.22. The highest BCUT2D eigenvalue weighted by Crippen LogP contribution is 2.12. The molecule has 1 amide bonds. The van der Waals surface area contributed by atoms with Gasteiger partial charge in [0, 0.05) is 10.2 Å². The van der Waals surface area contributed by atoms with E-state index in [1.807, 2.05) is 49.4 Å². The van der Waals surface area contributed by atoms with E-state index < -0.39 is 0 Å². The molecule has 0 saturated heterocycles. The Kier molecular flexibility index (Phi) is 6.68. The smallest absolute Gasteiger partial charge is 0.250 e. The summed E-state index contributed by atoms with van der Waals surface area (Å²) in [5.41, 5.74) is 5.59. The number of benzene rings is 2. The molecule has 2 aromatic rings. The molecule has 0 spiro atoms. The maximum absolute atomic E-state index is 11.8. The molecule has 2 aromatic carbocycles. The third-order valence-electron chi connectivity index (χ3n) is 2.96. The summed E-state index contributed by atoms with van der Waals surface area (Å²) in [5, 5.41) is 4.14. The van der Waals surface area contributed by atoms with Crippen molar-refractivity contribution in [1.82, 2.24) is 5.43 Å². The van der Waals surface area contributed by atoms with Gasteiger partial charge in [-0.15, -0.1) is 11.8 Å². The molecule has 5 heteroatoms. The van der Waals surface area contributed by atoms with Crippen LogP contribution in [0.4, 0.5) is 0 Å². The van der Waals surface area contributed by atoms with Crippen LogP contribution in [0, 0.1) is 0 Å². The van der Waals surface area contributed by atoms with E-state index in [1.54, 1.807) is 11.8 Å². The first kappa shape index (κ1) is 16.8. The minimum Gasteiger partial charge on any atom is -0.272 e. The van der Waals surface area contributed by atoms with Crippen molar-refractivity contribution in [2.24, 2.45) is 5.10 Å². The van der Waals surface area contributed by atoms with E-state index >= 15 is 0 Å². The van der Waals surface area contributed by atoms with Gasteiger partial charge >= 0.3 is 0 Å². The number of halogens is 1. The largest absolute Gasteiger partial charge is 0.272 e. The van der Waals surface area contributed by atoms with Gasteiger partial charge < -0.3 is 0 Å². The molecule has 114 valence electrons. The molecule has 3 nitrogen and oxygen atoms in total. The highest BCUT2D eigenvalue weighted by molar-refractivity contribution is 9.10. The lowest BCUT2D eigenvalue weighted by Crippen LogP contribution is -2.21. The molecule has 0 fully saturated rings. The van der Waals surface area contributed by atoms with Crippen LogP contribution in [0.1, 0.15) is 18.1 Å². The summed E-state index contributed by atoms with van der Waals surface area (Å²) < 4.78 is 1.02. The van der Waals surface area contributed by atoms with Crippen LogP contribution in [0.25, 0.3) is 0 Å². The van der Waals surface area contributed by atoms with Crippen LogP contribution in [0.2, 0.25) is 0 Å². The van der Waals surface area contributed by atoms with Crippen molar-refractivity contribution in [3.05, 3.63) is 70.2 Å². The van der Waals surface area contributed by atoms with Gasteiger partial charge in [0.2, 0.25) is 5.91 Å². The van der Waals surface area contributed by atoms with Gasteiger partial charge in [0.05, 0.1) is 11.5 Å². The first-order valence-corrected chi connectivity index (χ1v) is 8.80. The van der Waals surface area contributed by atoms with E-state index in [2.05, 4.69) is 38.6 Å². The molecule has 0 heterocycles. The lowest BCUT2D eigenvalue weighted by atomic mass is 10.1. The van der Waals surface area contributed by atoms with Crippen LogP contribution >= 0.6 is 27.7 Å². The van der Waals surface area contributed by atoms with E-state index in [1.165, 1.54) is 5.56 Å². The Bertz CT molecular complexity index is 641. The number of hydrogen-bond donors (Lipinski definition) is 1. The number of hydrogen-bond acceptors (Lipinski definition) is 3. The SMILES string of the molecule is CC(=NNC(=O)CSCc1ccccc1)c1ccc(Br)cc1. The Labute approximate surface area is 143 Å². The fraction of sp³-hybridized carbons (Fsp3) is 0.176. The van der Waals surface area contributed by atoms with Crippen molar-refractivity contribution in [2.45, 2.75) is 12.7 Å². The van der Waals surface area contributed by atoms with Gasteiger partial charge in [0.25, 0.3) is 0 Å². The number of hydrazone groups is 1. The molecule has 0 aliphatic rings. The van der Waals surface area contributed by atoms with Crippen molar-refractivity contribution in [2.75, 3.05) is 5.75 Å². The zero-order valence-corrected chi connectivity index (χ0v) is 14.7. The van der Waals surface area contributed by atoms with Gasteiger partial charge in [-0.1, -0.05) is 58.4 Å². The Balaban J connectivity index is 1.77. The molecule has 0 saturated carbocycles. The van der Waals surface area contributed by atoms with Gasteiger partial charge in [-0.2, -0.15) is 5.10 Å². The summed E-state index contributed by atoms with van der Waals surface area (Å²) in [4.78, 5) is 11.8. The van der Waals surface area contributed by atoms with Crippen LogP contribution in [0.5, 0.6) is 0 Å². The number of thioether (sulfide) groups is 1. The van der Waals surface area contributed by atoms with E-state index in [-0.39, 0.29) is 5.91 Å². The zero-order valence-electron chi connectivity index (χ0n) is 12.3. The Morgan fingerprint density at radius 1 is 1.14 bits per heavy atom. The molecule has 1 N–H and O–H groups in total. The van der Waals surface area contributed by atoms with Crippen LogP contribution in [-0.2, 0) is 10.5 Å². The monoisotopic (exact) mass is 376 g/mol. The Morgan fingerprint density at radius 2 is 1.82 bits per heavy atom. The maximum Gasteiger partial charge on any atom is 0.250 e. The molecule has 0 aliphatic carbocycles. The fourth-order valence-corrected chi connectivity index (χ4v) is 2.81. The maximum atomic E-state index is 11.8. The second-order valence-electron chi connectivity index (χ2n) is 4.72. The third-order valence-corrected chi connectivity index (χ3v) is 4.49. The van der Waals surface area contributed by atoms with Crippen LogP contribution < -0.4 is 5.43 Å². The number of nitrogens with one attached hydrogen (secondary N) is 1. The van der Waals surface area contributed by atoms with Crippen LogP contribution in [0.3, 0.4) is 0 Å². The highest BCUT2D eigenvalue weighted by Gasteiger charge is 2.02. The van der Waals surface area contributed by atoms with Gasteiger partial charge in [0.1, 0.15) is 0 Å². The summed E-state index contributed by atoms with van der Waals surface area (Å²) >= 11 is 4.97. The standard InChI is InChI=1S/C17H17BrN2OS/c1-13(15-7-9-16(18)10-8-15)19-20-17(21)12-22-11-14-5-3-2-4-6-14/h2-10H,11-12H2,1H3,(H,20,21). The fourth-order valence-electron chi connectivity index (χ4n) is 1.77. The topological polar surface area (TPSA) is 41.5 Å². The molecule has 0 aliphatic heterocycles. The molecule has 0 aromatic heterocycles. The summed E-state index contributed by atoms with van der Waals surface area (Å²) in [7, 11) is 0. The lowest BCUT2D eigenvalue weighted by molar-refractivity contribution is -0.118. The summed E-state index contributed by atoms with van der Waals surface area (Å²) in [6.45, 7) is 1.88. The van der Waals surface area contributed by atoms with Crippen molar-refractivity contribution in [1.29, 1.82) is 0 Å². The summed E-state index contributed by atoms with van der Waals surface area (Å²) in [6.07, 6.45) is 0. The lowest BCUT2D eigenvalue weighted by Gasteiger charge is -2.04. The number of nitrogens with zero attached hydrogens (tertiary/aromatic N) is 1. The molecular formula is C17H17BrN2OS. The van der Waals surface area contributed by atoms with Crippen molar-refractivity contribution < 1.29 is 4.79 Å². The van der Waals surface area contributed by atoms with E-state index in [4.69, 9.17) is 0 Å². The molecule has 22 heavy (non-hydrogen) atoms. The first-order valence-electron chi connectivity index (χ1n) is 6.86. The molecular weight excluding hydrogens is 360 g/mol. The minimum atomic E-state index is -0.0857. The molecule has 0 bridgehead atoms. The van der Waals surface area contributed by atoms with Gasteiger partial charge in [0.15, 0.2) is 0 Å². The quantitative estimate of drug-likeness (QED) is 0.605. The number of rotatable bonds is 6. The minimum absolute atomic E-state index is 0.0857. The molecule has 0 radical (unpaired) electrons. The number of carbonyl (C=O) groups is 1. The normalized spacial score (nSPS) is 11.3. The Hall–Kier alpha value is -1.59. The van der Waals surface area contributed by atoms with Crippen molar-refractivity contribution >= 4 is 39.3 Å². The van der Waals surface area contributed by atoms with E-state index in [0.29, 0.717) is 5.75 Å². The number of carbonyl (C=O) groups excluding carboxylic acids is 1. The second-order valence-corrected chi connectivity index (χ2v) is 6.62. The van der Waals surface area contributed by atoms with E-state index in [9.17, 15) is 4.79 Å². The first-order chi connectivity index (χ1) is 10.6. The van der Waals surface area contributed by atoms with E-state index in [0.717, 1.165) is 21.5 Å². The zero-order chi connectivity index (χ0) is 15.8. The Morgan fingerprint density at radius 3 is 2.50 bits per heavy atom. The molecule has 0 unspecified atom stereocenters. The van der Waals surface area contributed by atoms with Gasteiger partial charge in [-0.25, -0.2) is 5.43 Å². The predicted molar refractivity (Wildman–Crippen MR) is 97.1 cm³/mol. The number of amides is 1. The average Bonchev–Trinajstić information content (AvgIpc) is 2.54. The second kappa shape index (κ2) is 8.76. The highest BCUT2D eigenvalue weighted by atomic mass is 79.9. The van der Waals surface area contributed by atoms with Gasteiger partial charge in [-0.05, 0) is 30.2 Å². The average molecular weight is 377 g/mol. The molecule has 2 rings (SSSR count). The summed E-state index contributed by atoms with van der Waals surface area (Å²) in [5.74, 6) is 1.13. The van der Waals surface area contributed by atoms with Crippen LogP contribution in [-0.4, -0.2) is 17.4 Å². The van der Waals surface area contributed by atoms with Gasteiger partial charge in [-0.3, -0.25) is 4.79 Å². The van der Waals surface area contributed by atoms with Crippen molar-refractivity contribution in [3.63, 3.8) is 0 Å².